The van der Waals surface area contributed by atoms with Crippen molar-refractivity contribution in [3.8, 4) is 0 Å². The highest BCUT2D eigenvalue weighted by atomic mass is 16.4. The first-order chi connectivity index (χ1) is 46.3. The van der Waals surface area contributed by atoms with Crippen molar-refractivity contribution >= 4 is 84.3 Å². The number of aromatic nitrogens is 2. The number of carboxylic acid groups (broad SMARTS) is 2. The van der Waals surface area contributed by atoms with Gasteiger partial charge in [0.25, 0.3) is 0 Å². The third-order valence-electron chi connectivity index (χ3n) is 22.7. The molecule has 20 heterocycles. The van der Waals surface area contributed by atoms with Crippen LogP contribution in [0.25, 0.3) is 0 Å². The predicted molar refractivity (Wildman–Crippen MR) is 337 cm³/mol. The molecular formula is C54H80N26O28. The van der Waals surface area contributed by atoms with Crippen LogP contribution in [0.2, 0.25) is 0 Å². The summed E-state index contributed by atoms with van der Waals surface area (Å²) in [6, 6.07) is -1.72. The number of nitrogens with zero attached hydrogens (tertiary/aromatic N) is 26. The highest BCUT2D eigenvalue weighted by Crippen LogP contribution is 2.51. The molecule has 54 heteroatoms. The summed E-state index contributed by atoms with van der Waals surface area (Å²) in [7, 11) is 0. The van der Waals surface area contributed by atoms with Crippen LogP contribution in [0.1, 0.15) is 46.4 Å². The molecule has 18 fully saturated rings. The van der Waals surface area contributed by atoms with Gasteiger partial charge in [-0.15, -0.1) is 0 Å². The van der Waals surface area contributed by atoms with Gasteiger partial charge in [-0.1, -0.05) is 0 Å². The lowest BCUT2D eigenvalue weighted by Gasteiger charge is -2.42. The number of carboxylic acids is 2. The molecule has 0 bridgehead atoms. The Balaban J connectivity index is 0.000000357. The molecule has 108 heavy (non-hydrogen) atoms. The summed E-state index contributed by atoms with van der Waals surface area (Å²) in [4.78, 5) is 235. The number of amides is 24. The molecule has 18 saturated heterocycles. The summed E-state index contributed by atoms with van der Waals surface area (Å²) < 4.78 is 3.92. The number of urea groups is 12. The van der Waals surface area contributed by atoms with Crippen LogP contribution in [0.3, 0.4) is 0 Å². The maximum atomic E-state index is 15.1. The van der Waals surface area contributed by atoms with Crippen molar-refractivity contribution in [1.29, 1.82) is 0 Å². The SMILES string of the molecule is O.O.O.O.O.O.O.O.O.O.O.O.O=C([O-])c1cc[n+](CCCCCC[n+]2ccc(C(=O)[O-])cc2)cc1.O=C1N2CN3C(=O)N4CN5C(=O)N6CN7C(=O)N8CN9C(=O)N%10CN%11C(=O)N%12CN1C1C2N2CN%13C(=O)N(CN%14C(=O)N(CN%15C(=O)N(CN%16C(=O)N(CN%17C(=O)N(CN1C2=O)C%12C%11%17)C%10C9%16)C8C7%15)C6C5%14)C4C3%13. The van der Waals surface area contributed by atoms with E-state index in [-0.39, 0.29) is 76.8 Å². The summed E-state index contributed by atoms with van der Waals surface area (Å²) in [5.74, 6) is -2.32. The monoisotopic (exact) mass is 1540 g/mol. The molecular weight excluding hydrogens is 1460 g/mol. The standard InChI is InChI=1S/C36H36N24O12.C18H20N2O4.12H2O/c61-25-37-1-38-14-16-42(26(38)62)4-46-18-20-50(30(46)66)8-54-22-24-58(34(54)70)11-57-23-21-53(33(57)69)7-49-19-17-45(29(49)65)3-41(25)15-13(37)39-2-40(14)28(64)44(16)6-48(18)32(68)52(20)10-56(22)36(72)60(24)12-59(23)35(71)55(21)9-51(19)31(67)47(17)5-43(15)27(39)63;21-17(22)15-5-11-19(12-6-15)9-3-1-2-4-10-20-13-7-16(8-14-20)18(23)24;;;;;;;;;;;;/h13-24H,1-12H2;5-8,11-14H,1-4,9-10H2;12*1H2. The van der Waals surface area contributed by atoms with E-state index in [0.29, 0.717) is 0 Å². The van der Waals surface area contributed by atoms with Crippen molar-refractivity contribution in [1.82, 2.24) is 118 Å². The van der Waals surface area contributed by atoms with Crippen LogP contribution in [0.4, 0.5) is 57.5 Å². The summed E-state index contributed by atoms with van der Waals surface area (Å²) in [5.41, 5.74) is 0.376. The molecule has 2 aromatic rings. The van der Waals surface area contributed by atoms with Crippen LogP contribution in [0, 0.1) is 0 Å². The van der Waals surface area contributed by atoms with Gasteiger partial charge in [0, 0.05) is 48.2 Å². The summed E-state index contributed by atoms with van der Waals surface area (Å²) >= 11 is 0. The fourth-order valence-corrected chi connectivity index (χ4v) is 18.4. The molecule has 0 aromatic carbocycles. The zero-order chi connectivity index (χ0) is 65.6. The molecule has 18 aliphatic rings. The molecule has 24 N–H and O–H groups in total. The summed E-state index contributed by atoms with van der Waals surface area (Å²) in [5, 5.41) is 21.3. The number of unbranched alkanes of at least 4 members (excludes halogenated alkanes) is 3. The molecule has 594 valence electrons. The van der Waals surface area contributed by atoms with E-state index in [1.54, 1.807) is 49.1 Å². The highest BCUT2D eigenvalue weighted by Gasteiger charge is 2.76. The van der Waals surface area contributed by atoms with E-state index in [1.807, 2.05) is 9.13 Å². The van der Waals surface area contributed by atoms with Gasteiger partial charge >= 0.3 is 72.4 Å². The van der Waals surface area contributed by atoms with Gasteiger partial charge in [-0.25, -0.2) is 66.7 Å². The molecule has 0 saturated carbocycles. The van der Waals surface area contributed by atoms with E-state index >= 15 is 57.5 Å². The Hall–Kier alpha value is -12.0. The number of carbonyl (C=O) groups excluding carboxylic acids is 14. The predicted octanol–water partition coefficient (Wildman–Crippen LogP) is -16.3. The highest BCUT2D eigenvalue weighted by molar-refractivity contribution is 5.95. The van der Waals surface area contributed by atoms with Crippen molar-refractivity contribution < 1.29 is 152 Å². The van der Waals surface area contributed by atoms with E-state index in [9.17, 15) is 19.8 Å². The third kappa shape index (κ3) is 9.73. The van der Waals surface area contributed by atoms with Gasteiger partial charge in [0.15, 0.2) is 98.8 Å². The lowest BCUT2D eigenvalue weighted by atomic mass is 10.2. The second kappa shape index (κ2) is 27.1. The van der Waals surface area contributed by atoms with Crippen LogP contribution < -0.4 is 19.3 Å². The van der Waals surface area contributed by atoms with Crippen molar-refractivity contribution in [2.75, 3.05) is 80.0 Å². The summed E-state index contributed by atoms with van der Waals surface area (Å²) in [6.07, 6.45) is -2.74. The fourth-order valence-electron chi connectivity index (χ4n) is 18.4. The minimum Gasteiger partial charge on any atom is -0.545 e. The number of hydrogen-bond acceptors (Lipinski definition) is 16. The lowest BCUT2D eigenvalue weighted by Crippen LogP contribution is -2.63. The van der Waals surface area contributed by atoms with Crippen molar-refractivity contribution in [2.45, 2.75) is 113 Å². The van der Waals surface area contributed by atoms with Crippen LogP contribution in [-0.4, -0.2) is 422 Å². The molecule has 18 aliphatic heterocycles. The Morgan fingerprint density at radius 1 is 0.231 bits per heavy atom. The average molecular weight is 1540 g/mol. The topological polar surface area (TPSA) is 749 Å². The van der Waals surface area contributed by atoms with Gasteiger partial charge in [-0.05, 0) is 12.8 Å². The molecule has 24 amide bonds. The molecule has 0 unspecified atom stereocenters. The Morgan fingerprint density at radius 3 is 0.444 bits per heavy atom. The Morgan fingerprint density at radius 2 is 0.343 bits per heavy atom. The molecule has 0 aliphatic carbocycles. The van der Waals surface area contributed by atoms with Crippen molar-refractivity contribution in [3.05, 3.63) is 60.2 Å². The van der Waals surface area contributed by atoms with Crippen molar-refractivity contribution in [2.24, 2.45) is 0 Å². The zero-order valence-electron chi connectivity index (χ0n) is 56.4. The maximum absolute atomic E-state index is 15.1. The number of pyridine rings is 2. The van der Waals surface area contributed by atoms with E-state index in [2.05, 4.69) is 0 Å². The van der Waals surface area contributed by atoms with Gasteiger partial charge in [0.1, 0.15) is 93.1 Å². The van der Waals surface area contributed by atoms with Crippen LogP contribution >= 0.6 is 0 Å². The van der Waals surface area contributed by atoms with Gasteiger partial charge in [-0.3, -0.25) is 118 Å². The van der Waals surface area contributed by atoms with Gasteiger partial charge in [-0.2, -0.15) is 0 Å². The van der Waals surface area contributed by atoms with Crippen LogP contribution in [-0.2, 0) is 13.1 Å². The van der Waals surface area contributed by atoms with Crippen LogP contribution in [0.15, 0.2) is 49.1 Å². The number of hydrogen-bond donors (Lipinski definition) is 0. The van der Waals surface area contributed by atoms with E-state index in [4.69, 9.17) is 0 Å². The fraction of sp³-hybridized carbons (Fsp3) is 0.556. The van der Waals surface area contributed by atoms with Gasteiger partial charge in [0.05, 0.1) is 11.9 Å². The second-order valence-corrected chi connectivity index (χ2v) is 27.0. The first-order valence-corrected chi connectivity index (χ1v) is 31.6. The second-order valence-electron chi connectivity index (χ2n) is 27.0. The number of aromatic carboxylic acids is 2. The summed E-state index contributed by atoms with van der Waals surface area (Å²) in [6.45, 7) is -3.79. The number of aryl methyl sites for hydroxylation is 2. The minimum absolute atomic E-state index is 0. The first-order valence-electron chi connectivity index (χ1n) is 31.6. The maximum Gasteiger partial charge on any atom is 0.326 e. The van der Waals surface area contributed by atoms with Gasteiger partial charge in [0.2, 0.25) is 0 Å². The minimum atomic E-state index is -1.16. The van der Waals surface area contributed by atoms with E-state index < -0.39 is 238 Å². The van der Waals surface area contributed by atoms with E-state index in [0.717, 1.165) is 38.8 Å². The molecule has 20 rings (SSSR count). The average Bonchev–Trinajstić information content (AvgIpc) is 1.52. The molecule has 2 aromatic heterocycles. The quantitative estimate of drug-likeness (QED) is 0.166. The Labute approximate surface area is 605 Å². The zero-order valence-corrected chi connectivity index (χ0v) is 56.4. The normalized spacial score (nSPS) is 29.2. The molecule has 54 nitrogen and oxygen atoms in total. The molecule has 0 spiro atoms. The largest absolute Gasteiger partial charge is 0.545 e. The number of carbonyl (C=O) groups is 14. The third-order valence-corrected chi connectivity index (χ3v) is 22.7. The van der Waals surface area contributed by atoms with Crippen LogP contribution in [0.5, 0.6) is 0 Å². The van der Waals surface area contributed by atoms with Gasteiger partial charge < -0.3 is 85.5 Å². The lowest BCUT2D eigenvalue weighted by molar-refractivity contribution is -0.698. The smallest absolute Gasteiger partial charge is 0.326 e. The molecule has 0 atom stereocenters. The Bertz CT molecular complexity index is 3190. The van der Waals surface area contributed by atoms with E-state index in [1.165, 1.54) is 118 Å². The number of rotatable bonds is 9. The molecule has 0 radical (unpaired) electrons. The van der Waals surface area contributed by atoms with Crippen molar-refractivity contribution in [3.63, 3.8) is 0 Å². The Kier molecular flexibility index (Phi) is 20.5. The first kappa shape index (κ1) is 81.7.